The molecular formula is C13H14ClN3O2S. The molecular weight excluding hydrogens is 298 g/mol. The number of benzene rings is 1. The van der Waals surface area contributed by atoms with Gasteiger partial charge in [0.25, 0.3) is 5.89 Å². The van der Waals surface area contributed by atoms with Gasteiger partial charge in [0, 0.05) is 16.5 Å². The van der Waals surface area contributed by atoms with Gasteiger partial charge in [-0.1, -0.05) is 16.8 Å². The molecule has 1 aromatic carbocycles. The lowest BCUT2D eigenvalue weighted by atomic mass is 10.0. The normalized spacial score (nSPS) is 22.3. The Hall–Kier alpha value is -1.08. The second-order valence-corrected chi connectivity index (χ2v) is 6.20. The Morgan fingerprint density at radius 1 is 1.40 bits per heavy atom. The van der Waals surface area contributed by atoms with E-state index in [0.717, 1.165) is 11.4 Å². The van der Waals surface area contributed by atoms with Gasteiger partial charge in [0.15, 0.2) is 11.4 Å². The van der Waals surface area contributed by atoms with Gasteiger partial charge in [-0.25, -0.2) is 0 Å². The molecule has 3 rings (SSSR count). The summed E-state index contributed by atoms with van der Waals surface area (Å²) in [6.07, 6.45) is 0.596. The third-order valence-electron chi connectivity index (χ3n) is 3.18. The highest BCUT2D eigenvalue weighted by molar-refractivity contribution is 7.98. The summed E-state index contributed by atoms with van der Waals surface area (Å²) in [4.78, 5) is 5.37. The Kier molecular flexibility index (Phi) is 3.98. The molecule has 5 nitrogen and oxygen atoms in total. The molecule has 0 amide bonds. The van der Waals surface area contributed by atoms with E-state index in [1.54, 1.807) is 11.8 Å². The Morgan fingerprint density at radius 3 is 2.90 bits per heavy atom. The van der Waals surface area contributed by atoms with Crippen LogP contribution in [0.1, 0.15) is 18.1 Å². The lowest BCUT2D eigenvalue weighted by molar-refractivity contribution is 0.0243. The molecule has 2 N–H and O–H groups in total. The van der Waals surface area contributed by atoms with Crippen LogP contribution in [0.4, 0.5) is 0 Å². The first kappa shape index (κ1) is 13.9. The maximum atomic E-state index is 10.3. The third-order valence-corrected chi connectivity index (χ3v) is 4.44. The molecule has 20 heavy (non-hydrogen) atoms. The maximum absolute atomic E-state index is 10.3. The number of nitrogens with zero attached hydrogens (tertiary/aromatic N) is 2. The van der Waals surface area contributed by atoms with Crippen molar-refractivity contribution >= 4 is 23.4 Å². The molecule has 0 bridgehead atoms. The molecule has 0 saturated carbocycles. The van der Waals surface area contributed by atoms with Crippen molar-refractivity contribution in [1.29, 1.82) is 0 Å². The van der Waals surface area contributed by atoms with Crippen LogP contribution in [0.25, 0.3) is 0 Å². The average Bonchev–Trinajstić information content (AvgIpc) is 3.08. The summed E-state index contributed by atoms with van der Waals surface area (Å²) in [7, 11) is 0. The van der Waals surface area contributed by atoms with Gasteiger partial charge >= 0.3 is 0 Å². The van der Waals surface area contributed by atoms with Crippen molar-refractivity contribution < 1.29 is 9.63 Å². The maximum Gasteiger partial charge on any atom is 0.260 e. The van der Waals surface area contributed by atoms with Crippen molar-refractivity contribution in [3.05, 3.63) is 41.0 Å². The number of β-amino-alcohol motifs (C(OH)–C–C–N with tert-alkyl or cyclic N) is 1. The minimum absolute atomic E-state index is 0.300. The van der Waals surface area contributed by atoms with E-state index in [9.17, 15) is 5.11 Å². The van der Waals surface area contributed by atoms with Crippen LogP contribution in [0.15, 0.2) is 33.7 Å². The quantitative estimate of drug-likeness (QED) is 0.844. The molecule has 2 heterocycles. The van der Waals surface area contributed by atoms with E-state index in [1.165, 1.54) is 0 Å². The van der Waals surface area contributed by atoms with Gasteiger partial charge in [-0.05, 0) is 37.2 Å². The van der Waals surface area contributed by atoms with E-state index in [-0.39, 0.29) is 0 Å². The number of rotatable bonds is 4. The zero-order chi connectivity index (χ0) is 14.0. The zero-order valence-corrected chi connectivity index (χ0v) is 12.2. The van der Waals surface area contributed by atoms with Crippen LogP contribution in [-0.2, 0) is 11.4 Å². The molecule has 0 radical (unpaired) electrons. The van der Waals surface area contributed by atoms with E-state index >= 15 is 0 Å². The summed E-state index contributed by atoms with van der Waals surface area (Å²) in [6.45, 7) is 1.21. The van der Waals surface area contributed by atoms with Gasteiger partial charge in [-0.3, -0.25) is 0 Å². The van der Waals surface area contributed by atoms with E-state index in [2.05, 4.69) is 15.5 Å². The summed E-state index contributed by atoms with van der Waals surface area (Å²) in [6, 6.07) is 7.59. The summed E-state index contributed by atoms with van der Waals surface area (Å²) < 4.78 is 5.17. The van der Waals surface area contributed by atoms with E-state index < -0.39 is 5.60 Å². The fourth-order valence-corrected chi connectivity index (χ4v) is 2.91. The molecule has 1 aromatic heterocycles. The smallest absolute Gasteiger partial charge is 0.260 e. The van der Waals surface area contributed by atoms with E-state index in [0.29, 0.717) is 35.5 Å². The third kappa shape index (κ3) is 2.98. The fourth-order valence-electron chi connectivity index (χ4n) is 2.04. The highest BCUT2D eigenvalue weighted by Gasteiger charge is 2.38. The first-order valence-electron chi connectivity index (χ1n) is 6.30. The monoisotopic (exact) mass is 311 g/mol. The minimum Gasteiger partial charge on any atom is -0.379 e. The van der Waals surface area contributed by atoms with Crippen LogP contribution in [0.2, 0.25) is 5.02 Å². The largest absolute Gasteiger partial charge is 0.379 e. The minimum atomic E-state index is -1.02. The molecule has 106 valence electrons. The molecule has 1 unspecified atom stereocenters. The first-order valence-corrected chi connectivity index (χ1v) is 7.67. The van der Waals surface area contributed by atoms with Crippen LogP contribution in [0.3, 0.4) is 0 Å². The standard InChI is InChI=1S/C13H14ClN3O2S/c14-9-1-3-10(4-2-9)20-7-11-16-12(19-17-11)13(18)5-6-15-8-13/h1-4,15,18H,5-8H2. The van der Waals surface area contributed by atoms with Crippen LogP contribution < -0.4 is 5.32 Å². The highest BCUT2D eigenvalue weighted by Crippen LogP contribution is 2.28. The Bertz CT molecular complexity index is 582. The SMILES string of the molecule is OC1(c2nc(CSc3ccc(Cl)cc3)no2)CCNC1. The molecule has 1 aliphatic heterocycles. The topological polar surface area (TPSA) is 71.2 Å². The number of nitrogens with one attached hydrogen (secondary N) is 1. The molecule has 1 saturated heterocycles. The average molecular weight is 312 g/mol. The van der Waals surface area contributed by atoms with Crippen molar-refractivity contribution in [3.8, 4) is 0 Å². The number of hydrogen-bond donors (Lipinski definition) is 2. The number of hydrogen-bond acceptors (Lipinski definition) is 6. The van der Waals surface area contributed by atoms with Gasteiger partial charge in [0.1, 0.15) is 0 Å². The molecule has 2 aromatic rings. The summed E-state index contributed by atoms with van der Waals surface area (Å²) >= 11 is 7.43. The van der Waals surface area contributed by atoms with Gasteiger partial charge in [-0.15, -0.1) is 11.8 Å². The van der Waals surface area contributed by atoms with Crippen LogP contribution in [-0.4, -0.2) is 28.3 Å². The van der Waals surface area contributed by atoms with Crippen molar-refractivity contribution in [2.45, 2.75) is 22.7 Å². The van der Waals surface area contributed by atoms with Gasteiger partial charge < -0.3 is 14.9 Å². The lowest BCUT2D eigenvalue weighted by Crippen LogP contribution is -2.28. The number of thioether (sulfide) groups is 1. The summed E-state index contributed by atoms with van der Waals surface area (Å²) in [5.41, 5.74) is -1.02. The molecule has 1 aliphatic rings. The van der Waals surface area contributed by atoms with Crippen molar-refractivity contribution in [3.63, 3.8) is 0 Å². The fraction of sp³-hybridized carbons (Fsp3) is 0.385. The van der Waals surface area contributed by atoms with Crippen molar-refractivity contribution in [1.82, 2.24) is 15.5 Å². The Morgan fingerprint density at radius 2 is 2.20 bits per heavy atom. The molecule has 0 aliphatic carbocycles. The molecule has 0 spiro atoms. The summed E-state index contributed by atoms with van der Waals surface area (Å²) in [5, 5.41) is 18.0. The molecule has 1 atom stereocenters. The second-order valence-electron chi connectivity index (χ2n) is 4.72. The number of aromatic nitrogens is 2. The highest BCUT2D eigenvalue weighted by atomic mass is 35.5. The van der Waals surface area contributed by atoms with E-state index in [4.69, 9.17) is 16.1 Å². The van der Waals surface area contributed by atoms with Crippen LogP contribution in [0.5, 0.6) is 0 Å². The molecule has 1 fully saturated rings. The van der Waals surface area contributed by atoms with E-state index in [1.807, 2.05) is 24.3 Å². The summed E-state index contributed by atoms with van der Waals surface area (Å²) in [5.74, 6) is 1.48. The van der Waals surface area contributed by atoms with Crippen molar-refractivity contribution in [2.24, 2.45) is 0 Å². The molecule has 7 heteroatoms. The zero-order valence-electron chi connectivity index (χ0n) is 10.7. The van der Waals surface area contributed by atoms with Gasteiger partial charge in [0.2, 0.25) is 0 Å². The number of aliphatic hydroxyl groups is 1. The van der Waals surface area contributed by atoms with Crippen molar-refractivity contribution in [2.75, 3.05) is 13.1 Å². The number of halogens is 1. The predicted octanol–water partition coefficient (Wildman–Crippen LogP) is 2.20. The first-order chi connectivity index (χ1) is 9.66. The van der Waals surface area contributed by atoms with Gasteiger partial charge in [0.05, 0.1) is 5.75 Å². The predicted molar refractivity (Wildman–Crippen MR) is 76.7 cm³/mol. The Labute approximate surface area is 125 Å². The second kappa shape index (κ2) is 5.73. The van der Waals surface area contributed by atoms with Crippen LogP contribution >= 0.6 is 23.4 Å². The van der Waals surface area contributed by atoms with Crippen LogP contribution in [0, 0.1) is 0 Å². The van der Waals surface area contributed by atoms with Gasteiger partial charge in [-0.2, -0.15) is 4.98 Å². The lowest BCUT2D eigenvalue weighted by Gasteiger charge is -2.14. The Balaban J connectivity index is 1.64.